The van der Waals surface area contributed by atoms with Crippen molar-refractivity contribution in [3.63, 3.8) is 0 Å². The molecule has 3 N–H and O–H groups in total. The van der Waals surface area contributed by atoms with Crippen LogP contribution in [-0.2, 0) is 4.79 Å². The maximum absolute atomic E-state index is 12.0. The first kappa shape index (κ1) is 22.6. The van der Waals surface area contributed by atoms with Crippen molar-refractivity contribution in [3.8, 4) is 17.2 Å². The Kier molecular flexibility index (Phi) is 5.95. The molecule has 1 saturated heterocycles. The van der Waals surface area contributed by atoms with Gasteiger partial charge >= 0.3 is 0 Å². The first-order chi connectivity index (χ1) is 17.0. The normalized spacial score (nSPS) is 15.4. The van der Waals surface area contributed by atoms with Gasteiger partial charge in [0.25, 0.3) is 0 Å². The van der Waals surface area contributed by atoms with E-state index in [9.17, 15) is 9.59 Å². The van der Waals surface area contributed by atoms with Gasteiger partial charge in [0.2, 0.25) is 11.9 Å². The second kappa shape index (κ2) is 9.22. The zero-order chi connectivity index (χ0) is 24.5. The number of nitrogens with one attached hydrogen (secondary N) is 1. The number of nitrogens with zero attached hydrogens (tertiary/aromatic N) is 5. The first-order valence-electron chi connectivity index (χ1n) is 10.9. The highest BCUT2D eigenvalue weighted by Crippen LogP contribution is 2.35. The zero-order valence-corrected chi connectivity index (χ0v) is 19.9. The molecule has 0 bridgehead atoms. The van der Waals surface area contributed by atoms with Crippen LogP contribution in [0.15, 0.2) is 36.1 Å². The number of carbonyl (C=O) groups excluding carboxylic acids is 2. The molecule has 1 fully saturated rings. The van der Waals surface area contributed by atoms with Gasteiger partial charge in [-0.1, -0.05) is 0 Å². The Hall–Kier alpha value is -4.19. The van der Waals surface area contributed by atoms with E-state index in [1.54, 1.807) is 29.2 Å². The Morgan fingerprint density at radius 2 is 2.14 bits per heavy atom. The topological polar surface area (TPSA) is 137 Å². The predicted octanol–water partition coefficient (Wildman–Crippen LogP) is 2.90. The number of aldehydes is 1. The number of benzene rings is 1. The molecule has 1 amide bonds. The molecule has 4 heterocycles. The van der Waals surface area contributed by atoms with Crippen LogP contribution in [0.5, 0.6) is 11.5 Å². The Morgan fingerprint density at radius 3 is 2.89 bits per heavy atom. The molecule has 180 valence electrons. The molecular weight excluding hydrogens is 470 g/mol. The van der Waals surface area contributed by atoms with E-state index in [0.29, 0.717) is 59.6 Å². The SMILES string of the molecule is COc1cc(-n2cnc(Nc3nc(N4CCC[C@H]4C(N)=O)c4ccsc4n3)c2)cc(C=O)c1OC. The van der Waals surface area contributed by atoms with Gasteiger partial charge in [0.1, 0.15) is 23.0 Å². The van der Waals surface area contributed by atoms with Crippen LogP contribution in [-0.4, -0.2) is 58.5 Å². The summed E-state index contributed by atoms with van der Waals surface area (Å²) >= 11 is 1.49. The molecule has 3 aromatic heterocycles. The second-order valence-electron chi connectivity index (χ2n) is 7.94. The van der Waals surface area contributed by atoms with Crippen LogP contribution in [0, 0.1) is 0 Å². The number of hydrogen-bond acceptors (Lipinski definition) is 10. The molecule has 1 atom stereocenters. The number of hydrogen-bond donors (Lipinski definition) is 2. The minimum absolute atomic E-state index is 0.357. The van der Waals surface area contributed by atoms with Crippen molar-refractivity contribution in [2.24, 2.45) is 5.73 Å². The third-order valence-corrected chi connectivity index (χ3v) is 6.70. The van der Waals surface area contributed by atoms with E-state index >= 15 is 0 Å². The van der Waals surface area contributed by atoms with Crippen LogP contribution in [0.2, 0.25) is 0 Å². The third kappa shape index (κ3) is 4.12. The summed E-state index contributed by atoms with van der Waals surface area (Å²) in [5, 5.41) is 5.97. The lowest BCUT2D eigenvalue weighted by atomic mass is 10.1. The van der Waals surface area contributed by atoms with E-state index in [2.05, 4.69) is 15.3 Å². The van der Waals surface area contributed by atoms with Gasteiger partial charge in [0.15, 0.2) is 23.6 Å². The van der Waals surface area contributed by atoms with Crippen molar-refractivity contribution in [3.05, 3.63) is 41.7 Å². The quantitative estimate of drug-likeness (QED) is 0.355. The Morgan fingerprint density at radius 1 is 1.29 bits per heavy atom. The monoisotopic (exact) mass is 493 g/mol. The number of imidazole rings is 1. The van der Waals surface area contributed by atoms with Crippen molar-refractivity contribution in [1.29, 1.82) is 0 Å². The smallest absolute Gasteiger partial charge is 0.240 e. The number of carbonyl (C=O) groups is 2. The highest BCUT2D eigenvalue weighted by molar-refractivity contribution is 7.16. The number of rotatable bonds is 8. The number of nitrogens with two attached hydrogens (primary N) is 1. The lowest BCUT2D eigenvalue weighted by Gasteiger charge is -2.24. The molecule has 1 aromatic carbocycles. The summed E-state index contributed by atoms with van der Waals surface area (Å²) in [6.07, 6.45) is 5.63. The van der Waals surface area contributed by atoms with Crippen LogP contribution in [0.4, 0.5) is 17.6 Å². The molecule has 1 aliphatic rings. The fourth-order valence-corrected chi connectivity index (χ4v) is 5.05. The van der Waals surface area contributed by atoms with E-state index in [1.807, 2.05) is 16.3 Å². The van der Waals surface area contributed by atoms with Gasteiger partial charge in [-0.2, -0.15) is 4.98 Å². The van der Waals surface area contributed by atoms with Crippen LogP contribution in [0.3, 0.4) is 0 Å². The molecule has 1 aliphatic heterocycles. The summed E-state index contributed by atoms with van der Waals surface area (Å²) in [6, 6.07) is 4.99. The minimum atomic E-state index is -0.392. The number of fused-ring (bicyclic) bond motifs is 1. The van der Waals surface area contributed by atoms with Crippen LogP contribution < -0.4 is 25.4 Å². The van der Waals surface area contributed by atoms with Gasteiger partial charge in [-0.25, -0.2) is 9.97 Å². The minimum Gasteiger partial charge on any atom is -0.493 e. The van der Waals surface area contributed by atoms with Crippen molar-refractivity contribution in [2.45, 2.75) is 18.9 Å². The summed E-state index contributed by atoms with van der Waals surface area (Å²) in [5.41, 5.74) is 6.66. The number of thiophene rings is 1. The van der Waals surface area contributed by atoms with Crippen molar-refractivity contribution in [2.75, 3.05) is 31.0 Å². The van der Waals surface area contributed by atoms with E-state index in [4.69, 9.17) is 20.2 Å². The van der Waals surface area contributed by atoms with Crippen LogP contribution >= 0.6 is 11.3 Å². The molecule has 35 heavy (non-hydrogen) atoms. The number of primary amides is 1. The summed E-state index contributed by atoms with van der Waals surface area (Å²) in [4.78, 5) is 40.0. The molecule has 0 saturated carbocycles. The van der Waals surface area contributed by atoms with Crippen LogP contribution in [0.1, 0.15) is 23.2 Å². The summed E-state index contributed by atoms with van der Waals surface area (Å²) in [6.45, 7) is 0.696. The van der Waals surface area contributed by atoms with Crippen molar-refractivity contribution >= 4 is 51.3 Å². The highest BCUT2D eigenvalue weighted by Gasteiger charge is 2.31. The molecule has 11 nitrogen and oxygen atoms in total. The maximum Gasteiger partial charge on any atom is 0.240 e. The zero-order valence-electron chi connectivity index (χ0n) is 19.1. The number of aromatic nitrogens is 4. The van der Waals surface area contributed by atoms with Crippen LogP contribution in [0.25, 0.3) is 15.9 Å². The van der Waals surface area contributed by atoms with Gasteiger partial charge in [-0.3, -0.25) is 9.59 Å². The molecule has 0 radical (unpaired) electrons. The standard InChI is InChI=1S/C23H23N7O4S/c1-33-17-9-14(8-13(11-31)19(17)34-2)29-10-18(25-12-29)26-23-27-21(15-5-7-35-22(15)28-23)30-6-3-4-16(30)20(24)32/h5,7-12,16H,3-4,6H2,1-2H3,(H2,24,32)(H,26,27,28)/t16-/m0/s1. The van der Waals surface area contributed by atoms with Gasteiger partial charge in [0, 0.05) is 12.6 Å². The van der Waals surface area contributed by atoms with Gasteiger partial charge in [0.05, 0.1) is 37.1 Å². The maximum atomic E-state index is 12.0. The Balaban J connectivity index is 1.47. The molecule has 0 unspecified atom stereocenters. The van der Waals surface area contributed by atoms with E-state index in [-0.39, 0.29) is 5.91 Å². The third-order valence-electron chi connectivity index (χ3n) is 5.90. The summed E-state index contributed by atoms with van der Waals surface area (Å²) in [7, 11) is 2.99. The molecule has 4 aromatic rings. The van der Waals surface area contributed by atoms with Crippen molar-refractivity contribution < 1.29 is 19.1 Å². The molecule has 0 spiro atoms. The molecule has 0 aliphatic carbocycles. The largest absolute Gasteiger partial charge is 0.493 e. The van der Waals surface area contributed by atoms with Gasteiger partial charge in [-0.15, -0.1) is 11.3 Å². The fourth-order valence-electron chi connectivity index (χ4n) is 4.29. The summed E-state index contributed by atoms with van der Waals surface area (Å²) < 4.78 is 12.4. The number of ether oxygens (including phenoxy) is 2. The lowest BCUT2D eigenvalue weighted by molar-refractivity contribution is -0.119. The first-order valence-corrected chi connectivity index (χ1v) is 11.7. The van der Waals surface area contributed by atoms with Crippen molar-refractivity contribution in [1.82, 2.24) is 19.5 Å². The fraction of sp³-hybridized carbons (Fsp3) is 0.261. The number of methoxy groups -OCH3 is 2. The molecule has 12 heteroatoms. The van der Waals surface area contributed by atoms with Gasteiger partial charge < -0.3 is 30.0 Å². The van der Waals surface area contributed by atoms with E-state index < -0.39 is 6.04 Å². The number of anilines is 3. The highest BCUT2D eigenvalue weighted by atomic mass is 32.1. The lowest BCUT2D eigenvalue weighted by Crippen LogP contribution is -2.40. The summed E-state index contributed by atoms with van der Waals surface area (Å²) in [5.74, 6) is 1.97. The second-order valence-corrected chi connectivity index (χ2v) is 8.84. The predicted molar refractivity (Wildman–Crippen MR) is 132 cm³/mol. The Bertz CT molecular complexity index is 1420. The molecular formula is C23H23N7O4S. The Labute approximate surface area is 204 Å². The number of amides is 1. The average Bonchev–Trinajstić information content (AvgIpc) is 3.63. The van der Waals surface area contributed by atoms with Gasteiger partial charge in [-0.05, 0) is 30.4 Å². The van der Waals surface area contributed by atoms with E-state index in [1.165, 1.54) is 25.6 Å². The average molecular weight is 494 g/mol. The molecule has 5 rings (SSSR count). The van der Waals surface area contributed by atoms with E-state index in [0.717, 1.165) is 16.6 Å².